The van der Waals surface area contributed by atoms with Gasteiger partial charge in [0.25, 0.3) is 0 Å². The molecule has 0 aromatic carbocycles. The molecule has 1 aliphatic carbocycles. The molecule has 1 heterocycles. The topological polar surface area (TPSA) is 61.8 Å². The van der Waals surface area contributed by atoms with Crippen LogP contribution in [-0.2, 0) is 23.8 Å². The standard InChI is InChI=1S/C11H14O5/c1-6-8(14-3)4-11(16-7(2)12)5-9(6)15-10(11)13/h8-9H,1,4-5H2,2-3H3. The normalized spacial score (nSPS) is 37.1. The largest absolute Gasteiger partial charge is 0.455 e. The maximum Gasteiger partial charge on any atom is 0.351 e. The Bertz CT molecular complexity index is 361. The Morgan fingerprint density at radius 2 is 2.25 bits per heavy atom. The van der Waals surface area contributed by atoms with E-state index in [0.29, 0.717) is 6.42 Å². The van der Waals surface area contributed by atoms with Gasteiger partial charge in [-0.05, 0) is 5.57 Å². The fourth-order valence-corrected chi connectivity index (χ4v) is 2.31. The van der Waals surface area contributed by atoms with Crippen molar-refractivity contribution in [1.29, 1.82) is 0 Å². The second-order valence-electron chi connectivity index (χ2n) is 4.19. The van der Waals surface area contributed by atoms with Crippen LogP contribution in [0.5, 0.6) is 0 Å². The Kier molecular flexibility index (Phi) is 2.50. The average Bonchev–Trinajstić information content (AvgIpc) is 2.47. The lowest BCUT2D eigenvalue weighted by atomic mass is 9.81. The monoisotopic (exact) mass is 226 g/mol. The van der Waals surface area contributed by atoms with Crippen LogP contribution in [0.3, 0.4) is 0 Å². The van der Waals surface area contributed by atoms with Crippen LogP contribution in [0.1, 0.15) is 19.8 Å². The molecule has 0 amide bonds. The SMILES string of the molecule is C=C1C(OC)CC2(OC(C)=O)CC1OC2=O. The van der Waals surface area contributed by atoms with Crippen LogP contribution in [0.15, 0.2) is 12.2 Å². The van der Waals surface area contributed by atoms with Crippen LogP contribution in [0.4, 0.5) is 0 Å². The van der Waals surface area contributed by atoms with Crippen molar-refractivity contribution in [1.82, 2.24) is 0 Å². The minimum atomic E-state index is -1.17. The van der Waals surface area contributed by atoms with Crippen molar-refractivity contribution in [2.24, 2.45) is 0 Å². The molecule has 1 aliphatic heterocycles. The van der Waals surface area contributed by atoms with Crippen molar-refractivity contribution in [3.05, 3.63) is 12.2 Å². The van der Waals surface area contributed by atoms with Gasteiger partial charge in [-0.2, -0.15) is 0 Å². The third-order valence-corrected chi connectivity index (χ3v) is 3.10. The summed E-state index contributed by atoms with van der Waals surface area (Å²) in [6.07, 6.45) is -0.0588. The predicted molar refractivity (Wildman–Crippen MR) is 53.5 cm³/mol. The van der Waals surface area contributed by atoms with Gasteiger partial charge in [-0.15, -0.1) is 0 Å². The van der Waals surface area contributed by atoms with E-state index in [2.05, 4.69) is 6.58 Å². The van der Waals surface area contributed by atoms with Gasteiger partial charge in [0.05, 0.1) is 6.10 Å². The molecule has 0 N–H and O–H groups in total. The fourth-order valence-electron chi connectivity index (χ4n) is 2.31. The molecule has 0 aromatic heterocycles. The quantitative estimate of drug-likeness (QED) is 0.509. The van der Waals surface area contributed by atoms with Crippen molar-refractivity contribution >= 4 is 11.9 Å². The Hall–Kier alpha value is -1.36. The highest BCUT2D eigenvalue weighted by atomic mass is 16.6. The van der Waals surface area contributed by atoms with Crippen molar-refractivity contribution in [3.8, 4) is 0 Å². The van der Waals surface area contributed by atoms with E-state index in [0.717, 1.165) is 5.57 Å². The summed E-state index contributed by atoms with van der Waals surface area (Å²) in [6.45, 7) is 5.13. The number of esters is 2. The number of ether oxygens (including phenoxy) is 3. The zero-order chi connectivity index (χ0) is 11.9. The molecule has 3 atom stereocenters. The molecule has 0 aromatic rings. The molecule has 2 bridgehead atoms. The second-order valence-corrected chi connectivity index (χ2v) is 4.19. The maximum absolute atomic E-state index is 11.7. The minimum Gasteiger partial charge on any atom is -0.455 e. The molecule has 3 unspecified atom stereocenters. The lowest BCUT2D eigenvalue weighted by molar-refractivity contribution is -0.173. The van der Waals surface area contributed by atoms with Crippen molar-refractivity contribution in [3.63, 3.8) is 0 Å². The number of hydrogen-bond acceptors (Lipinski definition) is 5. The van der Waals surface area contributed by atoms with Gasteiger partial charge >= 0.3 is 11.9 Å². The molecule has 5 heteroatoms. The van der Waals surface area contributed by atoms with E-state index in [1.54, 1.807) is 0 Å². The Morgan fingerprint density at radius 3 is 2.81 bits per heavy atom. The molecule has 1 saturated heterocycles. The van der Waals surface area contributed by atoms with E-state index >= 15 is 0 Å². The van der Waals surface area contributed by atoms with Gasteiger partial charge in [-0.25, -0.2) is 4.79 Å². The van der Waals surface area contributed by atoms with Crippen LogP contribution in [-0.4, -0.2) is 36.9 Å². The summed E-state index contributed by atoms with van der Waals surface area (Å²) in [6, 6.07) is 0. The van der Waals surface area contributed by atoms with Crippen molar-refractivity contribution in [2.75, 3.05) is 7.11 Å². The van der Waals surface area contributed by atoms with Gasteiger partial charge in [0.1, 0.15) is 6.10 Å². The summed E-state index contributed by atoms with van der Waals surface area (Å²) in [7, 11) is 1.53. The maximum atomic E-state index is 11.7. The minimum absolute atomic E-state index is 0.289. The Morgan fingerprint density at radius 1 is 1.56 bits per heavy atom. The number of carbonyl (C=O) groups excluding carboxylic acids is 2. The van der Waals surface area contributed by atoms with Crippen LogP contribution in [0.2, 0.25) is 0 Å². The highest BCUT2D eigenvalue weighted by Crippen LogP contribution is 2.43. The van der Waals surface area contributed by atoms with Gasteiger partial charge in [-0.3, -0.25) is 4.79 Å². The fraction of sp³-hybridized carbons (Fsp3) is 0.636. The lowest BCUT2D eigenvalue weighted by Crippen LogP contribution is -2.46. The number of hydrogen-bond donors (Lipinski definition) is 0. The molecular formula is C11H14O5. The zero-order valence-electron chi connectivity index (χ0n) is 9.32. The number of methoxy groups -OCH3 is 1. The first kappa shape index (κ1) is 11.1. The molecular weight excluding hydrogens is 212 g/mol. The summed E-state index contributed by atoms with van der Waals surface area (Å²) in [5.74, 6) is -0.978. The summed E-state index contributed by atoms with van der Waals surface area (Å²) in [5, 5.41) is 0. The predicted octanol–water partition coefficient (Wildman–Crippen LogP) is 0.579. The molecule has 1 saturated carbocycles. The highest BCUT2D eigenvalue weighted by Gasteiger charge is 2.58. The Balaban J connectivity index is 2.28. The van der Waals surface area contributed by atoms with Gasteiger partial charge in [0.2, 0.25) is 5.60 Å². The zero-order valence-corrected chi connectivity index (χ0v) is 9.32. The van der Waals surface area contributed by atoms with E-state index in [9.17, 15) is 9.59 Å². The number of carbonyl (C=O) groups is 2. The average molecular weight is 226 g/mol. The van der Waals surface area contributed by atoms with Gasteiger partial charge in [0.15, 0.2) is 0 Å². The molecule has 16 heavy (non-hydrogen) atoms. The first-order valence-corrected chi connectivity index (χ1v) is 5.10. The number of fused-ring (bicyclic) bond motifs is 2. The molecule has 2 fully saturated rings. The van der Waals surface area contributed by atoms with E-state index < -0.39 is 23.6 Å². The molecule has 0 spiro atoms. The number of rotatable bonds is 2. The summed E-state index contributed by atoms with van der Waals surface area (Å²) in [5.41, 5.74) is -0.436. The van der Waals surface area contributed by atoms with E-state index in [1.165, 1.54) is 14.0 Å². The van der Waals surface area contributed by atoms with Crippen molar-refractivity contribution in [2.45, 2.75) is 37.6 Å². The second kappa shape index (κ2) is 3.59. The third-order valence-electron chi connectivity index (χ3n) is 3.10. The van der Waals surface area contributed by atoms with Gasteiger partial charge < -0.3 is 14.2 Å². The molecule has 2 rings (SSSR count). The van der Waals surface area contributed by atoms with Crippen LogP contribution in [0.25, 0.3) is 0 Å². The molecule has 0 radical (unpaired) electrons. The molecule has 2 aliphatic rings. The smallest absolute Gasteiger partial charge is 0.351 e. The summed E-state index contributed by atoms with van der Waals surface area (Å²) < 4.78 is 15.5. The van der Waals surface area contributed by atoms with E-state index in [1.807, 2.05) is 0 Å². The first-order chi connectivity index (χ1) is 7.48. The van der Waals surface area contributed by atoms with E-state index in [-0.39, 0.29) is 12.5 Å². The van der Waals surface area contributed by atoms with Crippen LogP contribution < -0.4 is 0 Å². The third kappa shape index (κ3) is 1.51. The van der Waals surface area contributed by atoms with E-state index in [4.69, 9.17) is 14.2 Å². The summed E-state index contributed by atoms with van der Waals surface area (Å²) in [4.78, 5) is 22.7. The van der Waals surface area contributed by atoms with Crippen LogP contribution >= 0.6 is 0 Å². The molecule has 88 valence electrons. The molecule has 5 nitrogen and oxygen atoms in total. The first-order valence-electron chi connectivity index (χ1n) is 5.10. The van der Waals surface area contributed by atoms with Crippen molar-refractivity contribution < 1.29 is 23.8 Å². The highest BCUT2D eigenvalue weighted by molar-refractivity contribution is 5.86. The lowest BCUT2D eigenvalue weighted by Gasteiger charge is -2.33. The van der Waals surface area contributed by atoms with Gasteiger partial charge in [0, 0.05) is 26.9 Å². The Labute approximate surface area is 93.4 Å². The van der Waals surface area contributed by atoms with Gasteiger partial charge in [-0.1, -0.05) is 6.58 Å². The summed E-state index contributed by atoms with van der Waals surface area (Å²) >= 11 is 0. The van der Waals surface area contributed by atoms with Crippen LogP contribution in [0, 0.1) is 0 Å².